The van der Waals surface area contributed by atoms with Crippen molar-refractivity contribution in [2.45, 2.75) is 6.92 Å². The molecule has 0 saturated heterocycles. The smallest absolute Gasteiger partial charge is 0.343 e. The van der Waals surface area contributed by atoms with Crippen LogP contribution in [0.5, 0.6) is 5.75 Å². The highest BCUT2D eigenvalue weighted by Crippen LogP contribution is 2.30. The molecular weight excluding hydrogens is 348 g/mol. The summed E-state index contributed by atoms with van der Waals surface area (Å²) in [5.41, 5.74) is 1.52. The van der Waals surface area contributed by atoms with Crippen molar-refractivity contribution in [2.75, 3.05) is 5.32 Å². The van der Waals surface area contributed by atoms with Crippen molar-refractivity contribution in [2.24, 2.45) is 0 Å². The lowest BCUT2D eigenvalue weighted by Crippen LogP contribution is -2.13. The molecule has 0 bridgehead atoms. The van der Waals surface area contributed by atoms with Crippen LogP contribution in [0.25, 0.3) is 0 Å². The van der Waals surface area contributed by atoms with Crippen LogP contribution < -0.4 is 10.1 Å². The summed E-state index contributed by atoms with van der Waals surface area (Å²) in [5, 5.41) is 11.5. The van der Waals surface area contributed by atoms with Gasteiger partial charge in [0.05, 0.1) is 16.8 Å². The van der Waals surface area contributed by atoms with Crippen molar-refractivity contribution in [3.8, 4) is 11.8 Å². The predicted octanol–water partition coefficient (Wildman–Crippen LogP) is 3.42. The van der Waals surface area contributed by atoms with Crippen LogP contribution in [0.1, 0.15) is 21.5 Å². The first kappa shape index (κ1) is 15.7. The van der Waals surface area contributed by atoms with Gasteiger partial charge in [0.25, 0.3) is 0 Å². The standard InChI is InChI=1S/C16H11BrN2O3/c1-10-12(5-3-6-13(10)17)16(21)22-15-11(8-18)4-2-7-14(15)19-9-20/h2-7,9H,1H3,(H,19,20). The highest BCUT2D eigenvalue weighted by molar-refractivity contribution is 9.10. The van der Waals surface area contributed by atoms with Crippen molar-refractivity contribution in [3.05, 3.63) is 57.6 Å². The minimum Gasteiger partial charge on any atom is -0.419 e. The van der Waals surface area contributed by atoms with Crippen LogP contribution in [0.3, 0.4) is 0 Å². The lowest BCUT2D eigenvalue weighted by Gasteiger charge is -2.12. The Morgan fingerprint density at radius 3 is 2.73 bits per heavy atom. The maximum Gasteiger partial charge on any atom is 0.343 e. The van der Waals surface area contributed by atoms with E-state index < -0.39 is 5.97 Å². The Labute approximate surface area is 135 Å². The zero-order valence-corrected chi connectivity index (χ0v) is 13.2. The van der Waals surface area contributed by atoms with E-state index in [1.165, 1.54) is 6.07 Å². The van der Waals surface area contributed by atoms with Gasteiger partial charge in [-0.2, -0.15) is 5.26 Å². The number of esters is 1. The molecule has 6 heteroatoms. The van der Waals surface area contributed by atoms with Gasteiger partial charge in [0.15, 0.2) is 5.75 Å². The van der Waals surface area contributed by atoms with Gasteiger partial charge in [-0.25, -0.2) is 4.79 Å². The van der Waals surface area contributed by atoms with E-state index in [0.717, 1.165) is 10.0 Å². The normalized spacial score (nSPS) is 9.68. The third kappa shape index (κ3) is 3.15. The zero-order valence-electron chi connectivity index (χ0n) is 11.6. The second-order valence-corrected chi connectivity index (χ2v) is 5.21. The van der Waals surface area contributed by atoms with E-state index in [-0.39, 0.29) is 17.0 Å². The molecule has 0 fully saturated rings. The van der Waals surface area contributed by atoms with Crippen LogP contribution in [-0.2, 0) is 4.79 Å². The molecule has 0 saturated carbocycles. The van der Waals surface area contributed by atoms with Crippen LogP contribution in [-0.4, -0.2) is 12.4 Å². The van der Waals surface area contributed by atoms with Gasteiger partial charge < -0.3 is 10.1 Å². The molecule has 2 aromatic rings. The molecule has 0 spiro atoms. The fourth-order valence-corrected chi connectivity index (χ4v) is 2.25. The van der Waals surface area contributed by atoms with Gasteiger partial charge in [-0.05, 0) is 36.8 Å². The van der Waals surface area contributed by atoms with E-state index in [1.807, 2.05) is 12.1 Å². The highest BCUT2D eigenvalue weighted by Gasteiger charge is 2.17. The lowest BCUT2D eigenvalue weighted by atomic mass is 10.1. The Bertz CT molecular complexity index is 781. The summed E-state index contributed by atoms with van der Waals surface area (Å²) in [6.45, 7) is 1.78. The van der Waals surface area contributed by atoms with E-state index in [2.05, 4.69) is 21.2 Å². The molecule has 0 aliphatic heterocycles. The first-order chi connectivity index (χ1) is 10.6. The molecule has 0 heterocycles. The summed E-state index contributed by atoms with van der Waals surface area (Å²) < 4.78 is 6.12. The Balaban J connectivity index is 2.42. The van der Waals surface area contributed by atoms with Gasteiger partial charge in [0.1, 0.15) is 6.07 Å². The Morgan fingerprint density at radius 2 is 2.05 bits per heavy atom. The predicted molar refractivity (Wildman–Crippen MR) is 84.7 cm³/mol. The number of anilines is 1. The highest BCUT2D eigenvalue weighted by atomic mass is 79.9. The van der Waals surface area contributed by atoms with Crippen molar-refractivity contribution in [1.82, 2.24) is 0 Å². The van der Waals surface area contributed by atoms with Crippen molar-refractivity contribution >= 4 is 34.0 Å². The number of amides is 1. The van der Waals surface area contributed by atoms with Crippen LogP contribution in [0, 0.1) is 18.3 Å². The number of nitrogens with one attached hydrogen (secondary N) is 1. The quantitative estimate of drug-likeness (QED) is 0.515. The number of hydrogen-bond acceptors (Lipinski definition) is 4. The Morgan fingerprint density at radius 1 is 1.32 bits per heavy atom. The summed E-state index contributed by atoms with van der Waals surface area (Å²) in [5.74, 6) is -0.572. The number of carbonyl (C=O) groups is 2. The van der Waals surface area contributed by atoms with E-state index >= 15 is 0 Å². The van der Waals surface area contributed by atoms with Crippen LogP contribution in [0.15, 0.2) is 40.9 Å². The fourth-order valence-electron chi connectivity index (χ4n) is 1.89. The molecule has 0 aliphatic carbocycles. The molecule has 2 rings (SSSR count). The summed E-state index contributed by atoms with van der Waals surface area (Å²) in [6, 6.07) is 11.7. The van der Waals surface area contributed by atoms with Crippen LogP contribution >= 0.6 is 15.9 Å². The van der Waals surface area contributed by atoms with Crippen molar-refractivity contribution < 1.29 is 14.3 Å². The zero-order chi connectivity index (χ0) is 16.1. The number of nitrogens with zero attached hydrogens (tertiary/aromatic N) is 1. The SMILES string of the molecule is Cc1c(Br)cccc1C(=O)Oc1c(C#N)cccc1NC=O. The molecule has 2 aromatic carbocycles. The van der Waals surface area contributed by atoms with Crippen molar-refractivity contribution in [1.29, 1.82) is 5.26 Å². The molecule has 0 atom stereocenters. The number of nitriles is 1. The van der Waals surface area contributed by atoms with E-state index in [1.54, 1.807) is 31.2 Å². The van der Waals surface area contributed by atoms with Crippen LogP contribution in [0.2, 0.25) is 0 Å². The average molecular weight is 359 g/mol. The molecule has 1 amide bonds. The second-order valence-electron chi connectivity index (χ2n) is 4.36. The van der Waals surface area contributed by atoms with E-state index in [4.69, 9.17) is 10.00 Å². The van der Waals surface area contributed by atoms with Gasteiger partial charge in [0.2, 0.25) is 6.41 Å². The molecule has 0 unspecified atom stereocenters. The molecule has 22 heavy (non-hydrogen) atoms. The molecule has 0 aliphatic rings. The average Bonchev–Trinajstić information content (AvgIpc) is 2.51. The summed E-state index contributed by atoms with van der Waals surface area (Å²) >= 11 is 3.35. The third-order valence-corrected chi connectivity index (χ3v) is 3.89. The van der Waals surface area contributed by atoms with E-state index in [9.17, 15) is 9.59 Å². The third-order valence-electron chi connectivity index (χ3n) is 3.03. The summed E-state index contributed by atoms with van der Waals surface area (Å²) in [7, 11) is 0. The minimum absolute atomic E-state index is 0.0291. The largest absolute Gasteiger partial charge is 0.419 e. The first-order valence-corrected chi connectivity index (χ1v) is 7.08. The molecule has 1 N–H and O–H groups in total. The monoisotopic (exact) mass is 358 g/mol. The van der Waals surface area contributed by atoms with Gasteiger partial charge in [-0.15, -0.1) is 0 Å². The van der Waals surface area contributed by atoms with E-state index in [0.29, 0.717) is 12.0 Å². The number of para-hydroxylation sites is 1. The minimum atomic E-state index is -0.601. The molecule has 0 aromatic heterocycles. The van der Waals surface area contributed by atoms with Gasteiger partial charge in [0, 0.05) is 4.47 Å². The topological polar surface area (TPSA) is 79.2 Å². The summed E-state index contributed by atoms with van der Waals surface area (Å²) in [4.78, 5) is 23.0. The number of benzene rings is 2. The lowest BCUT2D eigenvalue weighted by molar-refractivity contribution is -0.105. The number of hydrogen-bond donors (Lipinski definition) is 1. The fraction of sp³-hybridized carbons (Fsp3) is 0.0625. The van der Waals surface area contributed by atoms with Gasteiger partial charge in [-0.1, -0.05) is 28.1 Å². The number of rotatable bonds is 4. The number of ether oxygens (including phenoxy) is 1. The summed E-state index contributed by atoms with van der Waals surface area (Å²) in [6.07, 6.45) is 0.457. The van der Waals surface area contributed by atoms with Gasteiger partial charge in [-0.3, -0.25) is 4.79 Å². The van der Waals surface area contributed by atoms with Gasteiger partial charge >= 0.3 is 5.97 Å². The molecule has 5 nitrogen and oxygen atoms in total. The maximum atomic E-state index is 12.3. The van der Waals surface area contributed by atoms with Crippen LogP contribution in [0.4, 0.5) is 5.69 Å². The Hall–Kier alpha value is -2.65. The number of carbonyl (C=O) groups excluding carboxylic acids is 2. The molecule has 110 valence electrons. The van der Waals surface area contributed by atoms with Crippen molar-refractivity contribution in [3.63, 3.8) is 0 Å². The second kappa shape index (κ2) is 6.87. The maximum absolute atomic E-state index is 12.3. The Kier molecular flexibility index (Phi) is 4.92. The first-order valence-electron chi connectivity index (χ1n) is 6.29. The number of halogens is 1. The molecule has 0 radical (unpaired) electrons. The molecular formula is C16H11BrN2O3.